The molecule has 16 heavy (non-hydrogen) atoms. The van der Waals surface area contributed by atoms with Gasteiger partial charge in [-0.05, 0) is 36.8 Å². The summed E-state index contributed by atoms with van der Waals surface area (Å²) in [5.41, 5.74) is 9.61. The maximum atomic E-state index is 6.40. The highest BCUT2D eigenvalue weighted by Gasteiger charge is 2.43. The molecular formula is C14H19NO. The Kier molecular flexibility index (Phi) is 2.49. The molecule has 1 aliphatic carbocycles. The summed E-state index contributed by atoms with van der Waals surface area (Å²) in [6, 6.07) is 9.14. The first-order valence-corrected chi connectivity index (χ1v) is 6.25. The van der Waals surface area contributed by atoms with Crippen LogP contribution in [0.4, 0.5) is 0 Å². The predicted molar refractivity (Wildman–Crippen MR) is 64.5 cm³/mol. The molecule has 1 atom stereocenters. The molecule has 2 nitrogen and oxygen atoms in total. The lowest BCUT2D eigenvalue weighted by Crippen LogP contribution is -2.51. The highest BCUT2D eigenvalue weighted by molar-refractivity contribution is 5.39. The number of nitrogens with two attached hydrogens (primary N) is 1. The van der Waals surface area contributed by atoms with Crippen molar-refractivity contribution >= 4 is 0 Å². The van der Waals surface area contributed by atoms with Crippen molar-refractivity contribution in [3.8, 4) is 0 Å². The summed E-state index contributed by atoms with van der Waals surface area (Å²) in [6.07, 6.45) is 4.44. The lowest BCUT2D eigenvalue weighted by atomic mass is 9.63. The number of fused-ring (bicyclic) bond motifs is 2. The molecule has 86 valence electrons. The molecule has 3 rings (SSSR count). The molecule has 1 spiro atoms. The predicted octanol–water partition coefficient (Wildman–Crippen LogP) is 2.01. The molecule has 2 N–H and O–H groups in total. The van der Waals surface area contributed by atoms with Gasteiger partial charge in [0.05, 0.1) is 0 Å². The van der Waals surface area contributed by atoms with Crippen molar-refractivity contribution < 1.29 is 4.74 Å². The molecule has 0 saturated carbocycles. The van der Waals surface area contributed by atoms with Crippen molar-refractivity contribution in [1.82, 2.24) is 0 Å². The zero-order valence-electron chi connectivity index (χ0n) is 9.61. The van der Waals surface area contributed by atoms with Gasteiger partial charge >= 0.3 is 0 Å². The lowest BCUT2D eigenvalue weighted by Gasteiger charge is -2.46. The molecule has 1 heterocycles. The molecule has 1 aromatic carbocycles. The van der Waals surface area contributed by atoms with Gasteiger partial charge in [-0.2, -0.15) is 0 Å². The van der Waals surface area contributed by atoms with Gasteiger partial charge in [-0.3, -0.25) is 0 Å². The Morgan fingerprint density at radius 3 is 2.75 bits per heavy atom. The SMILES string of the molecule is NC1CCc2ccccc2C12CCOCC2. The van der Waals surface area contributed by atoms with E-state index in [2.05, 4.69) is 24.3 Å². The average Bonchev–Trinajstić information content (AvgIpc) is 2.36. The van der Waals surface area contributed by atoms with E-state index in [1.807, 2.05) is 0 Å². The maximum absolute atomic E-state index is 6.40. The van der Waals surface area contributed by atoms with E-state index >= 15 is 0 Å². The summed E-state index contributed by atoms with van der Waals surface area (Å²) >= 11 is 0. The second kappa shape index (κ2) is 3.86. The second-order valence-electron chi connectivity index (χ2n) is 5.07. The molecule has 1 unspecified atom stereocenters. The maximum Gasteiger partial charge on any atom is 0.0475 e. The van der Waals surface area contributed by atoms with E-state index in [0.29, 0.717) is 6.04 Å². The Morgan fingerprint density at radius 2 is 1.94 bits per heavy atom. The van der Waals surface area contributed by atoms with E-state index in [9.17, 15) is 0 Å². The summed E-state index contributed by atoms with van der Waals surface area (Å²) in [5.74, 6) is 0. The van der Waals surface area contributed by atoms with Gasteiger partial charge in [0.1, 0.15) is 0 Å². The zero-order chi connectivity index (χ0) is 11.0. The Morgan fingerprint density at radius 1 is 1.19 bits per heavy atom. The fourth-order valence-electron chi connectivity index (χ4n) is 3.39. The number of aryl methyl sites for hydroxylation is 1. The summed E-state index contributed by atoms with van der Waals surface area (Å²) in [4.78, 5) is 0. The van der Waals surface area contributed by atoms with Crippen LogP contribution in [0, 0.1) is 0 Å². The monoisotopic (exact) mass is 217 g/mol. The van der Waals surface area contributed by atoms with Crippen LogP contribution in [0.5, 0.6) is 0 Å². The van der Waals surface area contributed by atoms with Crippen LogP contribution in [-0.4, -0.2) is 19.3 Å². The Labute approximate surface area is 96.8 Å². The molecule has 0 bridgehead atoms. The van der Waals surface area contributed by atoms with Crippen molar-refractivity contribution in [3.05, 3.63) is 35.4 Å². The molecule has 1 saturated heterocycles. The number of benzene rings is 1. The topological polar surface area (TPSA) is 35.2 Å². The highest BCUT2D eigenvalue weighted by atomic mass is 16.5. The average molecular weight is 217 g/mol. The van der Waals surface area contributed by atoms with E-state index in [1.54, 1.807) is 0 Å². The molecular weight excluding hydrogens is 198 g/mol. The molecule has 0 aromatic heterocycles. The van der Waals surface area contributed by atoms with E-state index in [4.69, 9.17) is 10.5 Å². The highest BCUT2D eigenvalue weighted by Crippen LogP contribution is 2.43. The minimum Gasteiger partial charge on any atom is -0.381 e. The standard InChI is InChI=1S/C14H19NO/c15-13-6-5-11-3-1-2-4-12(11)14(13)7-9-16-10-8-14/h1-4,13H,5-10,15H2. The largest absolute Gasteiger partial charge is 0.381 e. The molecule has 2 aliphatic rings. The van der Waals surface area contributed by atoms with E-state index < -0.39 is 0 Å². The van der Waals surface area contributed by atoms with Crippen LogP contribution in [0.15, 0.2) is 24.3 Å². The fraction of sp³-hybridized carbons (Fsp3) is 0.571. The number of ether oxygens (including phenoxy) is 1. The molecule has 1 aliphatic heterocycles. The first kappa shape index (κ1) is 10.3. The smallest absolute Gasteiger partial charge is 0.0475 e. The normalized spacial score (nSPS) is 27.7. The second-order valence-corrected chi connectivity index (χ2v) is 5.07. The third-order valence-electron chi connectivity index (χ3n) is 4.37. The van der Waals surface area contributed by atoms with Crippen LogP contribution in [-0.2, 0) is 16.6 Å². The van der Waals surface area contributed by atoms with Gasteiger partial charge in [0.25, 0.3) is 0 Å². The first-order chi connectivity index (χ1) is 7.83. The molecule has 0 radical (unpaired) electrons. The van der Waals surface area contributed by atoms with Gasteiger partial charge in [-0.25, -0.2) is 0 Å². The lowest BCUT2D eigenvalue weighted by molar-refractivity contribution is 0.0360. The molecule has 0 amide bonds. The Balaban J connectivity index is 2.08. The Bertz CT molecular complexity index is 382. The van der Waals surface area contributed by atoms with Crippen LogP contribution < -0.4 is 5.73 Å². The van der Waals surface area contributed by atoms with Crippen molar-refractivity contribution in [3.63, 3.8) is 0 Å². The number of hydrogen-bond acceptors (Lipinski definition) is 2. The third-order valence-corrected chi connectivity index (χ3v) is 4.37. The van der Waals surface area contributed by atoms with Crippen LogP contribution >= 0.6 is 0 Å². The van der Waals surface area contributed by atoms with Crippen molar-refractivity contribution in [1.29, 1.82) is 0 Å². The van der Waals surface area contributed by atoms with Crippen LogP contribution in [0.3, 0.4) is 0 Å². The zero-order valence-corrected chi connectivity index (χ0v) is 9.61. The van der Waals surface area contributed by atoms with Crippen LogP contribution in [0.25, 0.3) is 0 Å². The minimum atomic E-state index is 0.201. The van der Waals surface area contributed by atoms with Crippen LogP contribution in [0.1, 0.15) is 30.4 Å². The number of rotatable bonds is 0. The summed E-state index contributed by atoms with van der Waals surface area (Å²) in [5, 5.41) is 0. The summed E-state index contributed by atoms with van der Waals surface area (Å²) in [6.45, 7) is 1.73. The van der Waals surface area contributed by atoms with E-state index in [1.165, 1.54) is 11.1 Å². The van der Waals surface area contributed by atoms with Crippen molar-refractivity contribution in [2.24, 2.45) is 5.73 Å². The van der Waals surface area contributed by atoms with E-state index in [-0.39, 0.29) is 5.41 Å². The van der Waals surface area contributed by atoms with Crippen LogP contribution in [0.2, 0.25) is 0 Å². The van der Waals surface area contributed by atoms with Gasteiger partial charge in [0.2, 0.25) is 0 Å². The van der Waals surface area contributed by atoms with E-state index in [0.717, 1.165) is 38.9 Å². The molecule has 1 fully saturated rings. The van der Waals surface area contributed by atoms with Gasteiger partial charge < -0.3 is 10.5 Å². The van der Waals surface area contributed by atoms with Gasteiger partial charge in [0, 0.05) is 24.7 Å². The summed E-state index contributed by atoms with van der Waals surface area (Å²) in [7, 11) is 0. The minimum absolute atomic E-state index is 0.201. The summed E-state index contributed by atoms with van der Waals surface area (Å²) < 4.78 is 5.50. The third kappa shape index (κ3) is 1.40. The van der Waals surface area contributed by atoms with Gasteiger partial charge in [0.15, 0.2) is 0 Å². The Hall–Kier alpha value is -0.860. The first-order valence-electron chi connectivity index (χ1n) is 6.25. The quantitative estimate of drug-likeness (QED) is 0.721. The molecule has 2 heteroatoms. The molecule has 1 aromatic rings. The van der Waals surface area contributed by atoms with Crippen molar-refractivity contribution in [2.45, 2.75) is 37.1 Å². The fourth-order valence-corrected chi connectivity index (χ4v) is 3.39. The van der Waals surface area contributed by atoms with Crippen molar-refractivity contribution in [2.75, 3.05) is 13.2 Å². The van der Waals surface area contributed by atoms with Gasteiger partial charge in [-0.1, -0.05) is 24.3 Å². The van der Waals surface area contributed by atoms with Gasteiger partial charge in [-0.15, -0.1) is 0 Å². The number of hydrogen-bond donors (Lipinski definition) is 1.